The Morgan fingerprint density at radius 2 is 2.33 bits per heavy atom. The van der Waals surface area contributed by atoms with Gasteiger partial charge in [0.15, 0.2) is 10.8 Å². The van der Waals surface area contributed by atoms with E-state index >= 15 is 0 Å². The quantitative estimate of drug-likeness (QED) is 0.801. The van der Waals surface area contributed by atoms with Crippen molar-refractivity contribution in [1.82, 2.24) is 25.0 Å². The third kappa shape index (κ3) is 2.38. The molecular formula is C13H12N6OS. The van der Waals surface area contributed by atoms with E-state index in [2.05, 4.69) is 25.6 Å². The molecule has 1 aliphatic carbocycles. The minimum absolute atomic E-state index is 0.294. The molecule has 0 aliphatic heterocycles. The van der Waals surface area contributed by atoms with Gasteiger partial charge < -0.3 is 0 Å². The Kier molecular flexibility index (Phi) is 2.71. The average Bonchev–Trinajstić information content (AvgIpc) is 3.05. The van der Waals surface area contributed by atoms with Gasteiger partial charge in [0, 0.05) is 6.20 Å². The first-order chi connectivity index (χ1) is 10.2. The largest absolute Gasteiger partial charge is 0.296 e. The summed E-state index contributed by atoms with van der Waals surface area (Å²) in [6.45, 7) is 1.96. The molecule has 0 radical (unpaired) electrons. The Hall–Kier alpha value is -2.35. The topological polar surface area (TPSA) is 85.6 Å². The Labute approximate surface area is 124 Å². The molecule has 1 amide bonds. The first-order valence-electron chi connectivity index (χ1n) is 6.65. The molecule has 0 atom stereocenters. The van der Waals surface area contributed by atoms with Crippen molar-refractivity contribution in [3.63, 3.8) is 0 Å². The van der Waals surface area contributed by atoms with E-state index in [1.807, 2.05) is 13.0 Å². The van der Waals surface area contributed by atoms with Gasteiger partial charge in [-0.15, -0.1) is 5.10 Å². The molecule has 8 heteroatoms. The first-order valence-corrected chi connectivity index (χ1v) is 7.47. The zero-order chi connectivity index (χ0) is 14.4. The van der Waals surface area contributed by atoms with Crippen LogP contribution in [0.25, 0.3) is 10.3 Å². The molecule has 1 fully saturated rings. The van der Waals surface area contributed by atoms with Crippen molar-refractivity contribution < 1.29 is 4.79 Å². The van der Waals surface area contributed by atoms with Crippen molar-refractivity contribution in [3.05, 3.63) is 29.7 Å². The number of carbonyl (C=O) groups excluding carboxylic acids is 1. The van der Waals surface area contributed by atoms with E-state index < -0.39 is 0 Å². The van der Waals surface area contributed by atoms with Crippen molar-refractivity contribution in [2.24, 2.45) is 0 Å². The molecule has 1 N–H and O–H groups in total. The van der Waals surface area contributed by atoms with Gasteiger partial charge in [-0.25, -0.2) is 14.6 Å². The number of aryl methyl sites for hydroxylation is 1. The van der Waals surface area contributed by atoms with Gasteiger partial charge in [-0.05, 0) is 31.4 Å². The maximum absolute atomic E-state index is 12.1. The molecular weight excluding hydrogens is 288 g/mol. The molecule has 0 spiro atoms. The lowest BCUT2D eigenvalue weighted by Gasteiger charge is -1.96. The average molecular weight is 300 g/mol. The van der Waals surface area contributed by atoms with Crippen LogP contribution in [0.1, 0.15) is 34.9 Å². The molecule has 7 nitrogen and oxygen atoms in total. The molecule has 3 aromatic heterocycles. The summed E-state index contributed by atoms with van der Waals surface area (Å²) in [7, 11) is 0. The Morgan fingerprint density at radius 3 is 3.14 bits per heavy atom. The number of nitrogens with one attached hydrogen (secondary N) is 1. The third-order valence-corrected chi connectivity index (χ3v) is 4.16. The molecule has 0 bridgehead atoms. The van der Waals surface area contributed by atoms with E-state index in [9.17, 15) is 4.79 Å². The summed E-state index contributed by atoms with van der Waals surface area (Å²) in [5.74, 6) is -0.294. The number of nitrogens with zero attached hydrogens (tertiary/aromatic N) is 5. The van der Waals surface area contributed by atoms with Crippen molar-refractivity contribution in [3.8, 4) is 0 Å². The highest BCUT2D eigenvalue weighted by Crippen LogP contribution is 2.33. The minimum Gasteiger partial charge on any atom is -0.296 e. The van der Waals surface area contributed by atoms with Crippen LogP contribution in [0.5, 0.6) is 0 Å². The molecule has 1 saturated carbocycles. The Morgan fingerprint density at radius 1 is 1.48 bits per heavy atom. The van der Waals surface area contributed by atoms with Gasteiger partial charge >= 0.3 is 0 Å². The molecule has 0 saturated heterocycles. The fourth-order valence-electron chi connectivity index (χ4n) is 2.04. The van der Waals surface area contributed by atoms with Crippen LogP contribution in [0.4, 0.5) is 5.13 Å². The predicted molar refractivity (Wildman–Crippen MR) is 78.4 cm³/mol. The molecule has 0 unspecified atom stereocenters. The van der Waals surface area contributed by atoms with E-state index in [4.69, 9.17) is 0 Å². The highest BCUT2D eigenvalue weighted by Gasteiger charge is 2.26. The van der Waals surface area contributed by atoms with Crippen LogP contribution in [-0.4, -0.2) is 30.9 Å². The number of thiazole rings is 1. The van der Waals surface area contributed by atoms with Crippen LogP contribution in [0.15, 0.2) is 18.5 Å². The monoisotopic (exact) mass is 300 g/mol. The first kappa shape index (κ1) is 12.4. The second-order valence-corrected chi connectivity index (χ2v) is 6.10. The summed E-state index contributed by atoms with van der Waals surface area (Å²) >= 11 is 1.35. The maximum atomic E-state index is 12.1. The number of anilines is 1. The number of amides is 1. The van der Waals surface area contributed by atoms with Gasteiger partial charge in [0.1, 0.15) is 10.3 Å². The summed E-state index contributed by atoms with van der Waals surface area (Å²) in [4.78, 5) is 21.6. The maximum Gasteiger partial charge on any atom is 0.279 e. The number of aromatic nitrogens is 5. The van der Waals surface area contributed by atoms with Gasteiger partial charge in [0.2, 0.25) is 0 Å². The fourth-order valence-corrected chi connectivity index (χ4v) is 2.82. The number of fused-ring (bicyclic) bond motifs is 1. The molecule has 1 aliphatic rings. The van der Waals surface area contributed by atoms with E-state index in [0.717, 1.165) is 28.8 Å². The van der Waals surface area contributed by atoms with Crippen LogP contribution < -0.4 is 5.32 Å². The smallest absolute Gasteiger partial charge is 0.279 e. The summed E-state index contributed by atoms with van der Waals surface area (Å²) < 4.78 is 1.75. The van der Waals surface area contributed by atoms with Crippen LogP contribution in [0.3, 0.4) is 0 Å². The van der Waals surface area contributed by atoms with Gasteiger partial charge in [-0.3, -0.25) is 10.1 Å². The van der Waals surface area contributed by atoms with E-state index in [-0.39, 0.29) is 5.91 Å². The highest BCUT2D eigenvalue weighted by molar-refractivity contribution is 7.21. The molecule has 21 heavy (non-hydrogen) atoms. The van der Waals surface area contributed by atoms with Crippen LogP contribution in [-0.2, 0) is 0 Å². The van der Waals surface area contributed by atoms with Crippen molar-refractivity contribution >= 4 is 32.7 Å². The van der Waals surface area contributed by atoms with Crippen LogP contribution in [0.2, 0.25) is 0 Å². The van der Waals surface area contributed by atoms with E-state index in [0.29, 0.717) is 16.9 Å². The van der Waals surface area contributed by atoms with Crippen molar-refractivity contribution in [2.75, 3.05) is 5.32 Å². The summed E-state index contributed by atoms with van der Waals surface area (Å²) in [6.07, 6.45) is 5.68. The lowest BCUT2D eigenvalue weighted by Crippen LogP contribution is -2.12. The van der Waals surface area contributed by atoms with Crippen LogP contribution in [0, 0.1) is 6.92 Å². The lowest BCUT2D eigenvalue weighted by atomic mass is 10.3. The Balaban J connectivity index is 1.56. The van der Waals surface area contributed by atoms with Crippen molar-refractivity contribution in [1.29, 1.82) is 0 Å². The molecule has 3 aromatic rings. The lowest BCUT2D eigenvalue weighted by molar-refractivity contribution is 0.102. The zero-order valence-electron chi connectivity index (χ0n) is 11.3. The summed E-state index contributed by atoms with van der Waals surface area (Å²) in [5, 5.41) is 11.2. The summed E-state index contributed by atoms with van der Waals surface area (Å²) in [5.41, 5.74) is 2.14. The van der Waals surface area contributed by atoms with Gasteiger partial charge in [0.25, 0.3) is 5.91 Å². The number of pyridine rings is 1. The normalized spacial score (nSPS) is 14.5. The van der Waals surface area contributed by atoms with E-state index in [1.165, 1.54) is 11.3 Å². The molecule has 4 rings (SSSR count). The van der Waals surface area contributed by atoms with Crippen LogP contribution >= 0.6 is 11.3 Å². The van der Waals surface area contributed by atoms with Gasteiger partial charge in [-0.1, -0.05) is 16.6 Å². The Bertz CT molecular complexity index is 834. The SMILES string of the molecule is Cc1cnc2sc(NC(=O)c3cn(C4CC4)nn3)nc2c1. The summed E-state index contributed by atoms with van der Waals surface area (Å²) in [6, 6.07) is 2.35. The number of carbonyl (C=O) groups is 1. The zero-order valence-corrected chi connectivity index (χ0v) is 12.1. The highest BCUT2D eigenvalue weighted by atomic mass is 32.1. The predicted octanol–water partition coefficient (Wildman–Crippen LogP) is 2.18. The molecule has 106 valence electrons. The van der Waals surface area contributed by atoms with Gasteiger partial charge in [-0.2, -0.15) is 0 Å². The molecule has 0 aromatic carbocycles. The molecule has 3 heterocycles. The fraction of sp³-hybridized carbons (Fsp3) is 0.308. The second kappa shape index (κ2) is 4.59. The minimum atomic E-state index is -0.294. The number of rotatable bonds is 3. The number of hydrogen-bond donors (Lipinski definition) is 1. The standard InChI is InChI=1S/C13H12N6OS/c1-7-4-9-12(14-5-7)21-13(15-9)16-11(20)10-6-19(18-17-10)8-2-3-8/h4-6,8H,2-3H2,1H3,(H,15,16,20). The van der Waals surface area contributed by atoms with Crippen molar-refractivity contribution in [2.45, 2.75) is 25.8 Å². The third-order valence-electron chi connectivity index (χ3n) is 3.27. The van der Waals surface area contributed by atoms with E-state index in [1.54, 1.807) is 17.1 Å². The number of hydrogen-bond acceptors (Lipinski definition) is 6. The second-order valence-electron chi connectivity index (χ2n) is 5.13. The van der Waals surface area contributed by atoms with Gasteiger partial charge in [0.05, 0.1) is 12.2 Å².